The van der Waals surface area contributed by atoms with Crippen LogP contribution >= 0.6 is 11.8 Å². The van der Waals surface area contributed by atoms with E-state index in [1.807, 2.05) is 30.0 Å². The monoisotopic (exact) mass is 357 g/mol. The molecule has 1 amide bonds. The van der Waals surface area contributed by atoms with Crippen LogP contribution in [0.25, 0.3) is 6.08 Å². The summed E-state index contributed by atoms with van der Waals surface area (Å²) in [6.45, 7) is 4.06. The summed E-state index contributed by atoms with van der Waals surface area (Å²) in [7, 11) is 0. The van der Waals surface area contributed by atoms with Crippen molar-refractivity contribution in [2.75, 3.05) is 44.4 Å². The summed E-state index contributed by atoms with van der Waals surface area (Å²) in [5, 5.41) is 12.2. The highest BCUT2D eigenvalue weighted by Crippen LogP contribution is 2.33. The Hall–Kier alpha value is -1.81. The molecule has 1 N–H and O–H groups in total. The largest absolute Gasteiger partial charge is 0.379 e. The number of carbonyl (C=O) groups is 1. The van der Waals surface area contributed by atoms with Crippen molar-refractivity contribution in [3.63, 3.8) is 0 Å². The number of amides is 1. The number of rotatable bonds is 5. The fourth-order valence-electron chi connectivity index (χ4n) is 3.35. The number of nitriles is 1. The van der Waals surface area contributed by atoms with Gasteiger partial charge in [-0.1, -0.05) is 18.2 Å². The number of ether oxygens (including phenoxy) is 1. The van der Waals surface area contributed by atoms with Gasteiger partial charge in [0.25, 0.3) is 0 Å². The molecule has 1 aromatic carbocycles. The molecule has 1 atom stereocenters. The van der Waals surface area contributed by atoms with E-state index in [2.05, 4.69) is 16.3 Å². The first-order valence-electron chi connectivity index (χ1n) is 8.59. The summed E-state index contributed by atoms with van der Waals surface area (Å²) in [5.74, 6) is 2.07. The minimum atomic E-state index is -0.114. The van der Waals surface area contributed by atoms with Gasteiger partial charge in [-0.05, 0) is 29.9 Å². The van der Waals surface area contributed by atoms with Crippen molar-refractivity contribution in [2.45, 2.75) is 12.0 Å². The molecule has 0 radical (unpaired) electrons. The molecular weight excluding hydrogens is 334 g/mol. The Morgan fingerprint density at radius 1 is 1.40 bits per heavy atom. The molecule has 0 aromatic heterocycles. The van der Waals surface area contributed by atoms with Crippen LogP contribution in [0.5, 0.6) is 0 Å². The van der Waals surface area contributed by atoms with Crippen LogP contribution in [0.2, 0.25) is 0 Å². The number of morpholine rings is 1. The quantitative estimate of drug-likeness (QED) is 0.816. The van der Waals surface area contributed by atoms with Crippen molar-refractivity contribution in [1.82, 2.24) is 10.2 Å². The average molecular weight is 357 g/mol. The Labute approximate surface area is 153 Å². The highest BCUT2D eigenvalue weighted by atomic mass is 32.2. The lowest BCUT2D eigenvalue weighted by Crippen LogP contribution is -2.59. The lowest BCUT2D eigenvalue weighted by molar-refractivity contribution is -0.117. The number of nitrogens with one attached hydrogen (secondary N) is 1. The lowest BCUT2D eigenvalue weighted by Gasteiger charge is -2.42. The number of nitrogens with zero attached hydrogens (tertiary/aromatic N) is 2. The molecule has 1 aromatic rings. The first-order valence-corrected chi connectivity index (χ1v) is 9.75. The predicted octanol–water partition coefficient (Wildman–Crippen LogP) is 1.90. The van der Waals surface area contributed by atoms with Gasteiger partial charge in [-0.3, -0.25) is 9.69 Å². The third kappa shape index (κ3) is 4.43. The minimum Gasteiger partial charge on any atom is -0.379 e. The molecule has 2 aliphatic heterocycles. The van der Waals surface area contributed by atoms with Crippen molar-refractivity contribution in [2.24, 2.45) is 0 Å². The van der Waals surface area contributed by atoms with Crippen LogP contribution in [0.3, 0.4) is 0 Å². The van der Waals surface area contributed by atoms with E-state index in [1.54, 1.807) is 12.1 Å². The maximum Gasteiger partial charge on any atom is 0.244 e. The summed E-state index contributed by atoms with van der Waals surface area (Å²) in [6.07, 6.45) is 4.32. The summed E-state index contributed by atoms with van der Waals surface area (Å²) < 4.78 is 5.47. The maximum atomic E-state index is 12.3. The average Bonchev–Trinajstić information content (AvgIpc) is 3.16. The van der Waals surface area contributed by atoms with Crippen LogP contribution < -0.4 is 5.32 Å². The third-order valence-electron chi connectivity index (χ3n) is 4.85. The Morgan fingerprint density at radius 2 is 2.20 bits per heavy atom. The fourth-order valence-corrected chi connectivity index (χ4v) is 4.83. The molecule has 132 valence electrons. The van der Waals surface area contributed by atoms with E-state index in [4.69, 9.17) is 10.00 Å². The zero-order chi connectivity index (χ0) is 17.5. The van der Waals surface area contributed by atoms with Gasteiger partial charge in [0, 0.05) is 37.0 Å². The molecule has 2 fully saturated rings. The SMILES string of the molecule is N#Cc1ccccc1/C=C/C(=O)NCC1(N2CCOCC2)CCSC1. The van der Waals surface area contributed by atoms with Crippen LogP contribution in [0.15, 0.2) is 30.3 Å². The van der Waals surface area contributed by atoms with E-state index in [-0.39, 0.29) is 11.4 Å². The zero-order valence-corrected chi connectivity index (χ0v) is 15.1. The molecule has 3 rings (SSSR count). The first kappa shape index (κ1) is 18.0. The molecule has 0 bridgehead atoms. The van der Waals surface area contributed by atoms with Gasteiger partial charge >= 0.3 is 0 Å². The van der Waals surface area contributed by atoms with Crippen LogP contribution in [0.4, 0.5) is 0 Å². The molecular formula is C19H23N3O2S. The number of thioether (sulfide) groups is 1. The van der Waals surface area contributed by atoms with Gasteiger partial charge in [0.2, 0.25) is 5.91 Å². The smallest absolute Gasteiger partial charge is 0.244 e. The molecule has 1 unspecified atom stereocenters. The van der Waals surface area contributed by atoms with Crippen molar-refractivity contribution in [3.8, 4) is 6.07 Å². The van der Waals surface area contributed by atoms with Crippen LogP contribution in [0, 0.1) is 11.3 Å². The second-order valence-corrected chi connectivity index (χ2v) is 7.48. The summed E-state index contributed by atoms with van der Waals surface area (Å²) in [6, 6.07) is 9.41. The molecule has 5 nitrogen and oxygen atoms in total. The van der Waals surface area contributed by atoms with Gasteiger partial charge < -0.3 is 10.1 Å². The van der Waals surface area contributed by atoms with Crippen molar-refractivity contribution >= 4 is 23.7 Å². The molecule has 2 saturated heterocycles. The predicted molar refractivity (Wildman–Crippen MR) is 100 cm³/mol. The lowest BCUT2D eigenvalue weighted by atomic mass is 9.95. The van der Waals surface area contributed by atoms with Crippen LogP contribution in [-0.4, -0.2) is 60.7 Å². The number of hydrogen-bond donors (Lipinski definition) is 1. The Kier molecular flexibility index (Phi) is 6.14. The van der Waals surface area contributed by atoms with E-state index in [9.17, 15) is 4.79 Å². The molecule has 2 heterocycles. The molecule has 0 aliphatic carbocycles. The molecule has 6 heteroatoms. The third-order valence-corrected chi connectivity index (χ3v) is 6.09. The zero-order valence-electron chi connectivity index (χ0n) is 14.2. The van der Waals surface area contributed by atoms with Crippen LogP contribution in [-0.2, 0) is 9.53 Å². The molecule has 0 saturated carbocycles. The topological polar surface area (TPSA) is 65.4 Å². The van der Waals surface area contributed by atoms with E-state index in [1.165, 1.54) is 6.08 Å². The van der Waals surface area contributed by atoms with E-state index in [0.717, 1.165) is 49.8 Å². The van der Waals surface area contributed by atoms with Crippen molar-refractivity contribution < 1.29 is 9.53 Å². The highest BCUT2D eigenvalue weighted by Gasteiger charge is 2.40. The summed E-state index contributed by atoms with van der Waals surface area (Å²) in [5.41, 5.74) is 1.38. The van der Waals surface area contributed by atoms with E-state index >= 15 is 0 Å². The molecule has 25 heavy (non-hydrogen) atoms. The molecule has 2 aliphatic rings. The van der Waals surface area contributed by atoms with Gasteiger partial charge in [0.15, 0.2) is 0 Å². The summed E-state index contributed by atoms with van der Waals surface area (Å²) in [4.78, 5) is 14.7. The normalized spacial score (nSPS) is 24.3. The Balaban J connectivity index is 1.60. The van der Waals surface area contributed by atoms with E-state index in [0.29, 0.717) is 12.1 Å². The van der Waals surface area contributed by atoms with Gasteiger partial charge in [0.1, 0.15) is 0 Å². The number of carbonyl (C=O) groups excluding carboxylic acids is 1. The maximum absolute atomic E-state index is 12.3. The second kappa shape index (κ2) is 8.52. The van der Waals surface area contributed by atoms with Crippen molar-refractivity contribution in [1.29, 1.82) is 5.26 Å². The Morgan fingerprint density at radius 3 is 2.92 bits per heavy atom. The van der Waals surface area contributed by atoms with Gasteiger partial charge in [-0.15, -0.1) is 0 Å². The number of benzene rings is 1. The molecule has 0 spiro atoms. The standard InChI is InChI=1S/C19H23N3O2S/c20-13-17-4-2-1-3-16(17)5-6-18(23)21-14-19(7-12-25-15-19)22-8-10-24-11-9-22/h1-6H,7-12,14-15H2,(H,21,23)/b6-5+. The minimum absolute atomic E-state index is 0.0442. The highest BCUT2D eigenvalue weighted by molar-refractivity contribution is 7.99. The summed E-state index contributed by atoms with van der Waals surface area (Å²) >= 11 is 1.95. The van der Waals surface area contributed by atoms with E-state index < -0.39 is 0 Å². The number of hydrogen-bond acceptors (Lipinski definition) is 5. The van der Waals surface area contributed by atoms with Gasteiger partial charge in [-0.2, -0.15) is 17.0 Å². The fraction of sp³-hybridized carbons (Fsp3) is 0.474. The first-order chi connectivity index (χ1) is 12.2. The second-order valence-electron chi connectivity index (χ2n) is 6.38. The van der Waals surface area contributed by atoms with Gasteiger partial charge in [-0.25, -0.2) is 0 Å². The van der Waals surface area contributed by atoms with Crippen LogP contribution in [0.1, 0.15) is 17.5 Å². The van der Waals surface area contributed by atoms with Gasteiger partial charge in [0.05, 0.1) is 24.8 Å². The van der Waals surface area contributed by atoms with Crippen molar-refractivity contribution in [3.05, 3.63) is 41.5 Å². The Bertz CT molecular complexity index is 671.